The highest BCUT2D eigenvalue weighted by Crippen LogP contribution is 2.42. The normalized spacial score (nSPS) is 11.3. The summed E-state index contributed by atoms with van der Waals surface area (Å²) >= 11 is 1.84. The molecule has 0 aliphatic heterocycles. The molecule has 0 aliphatic carbocycles. The average Bonchev–Trinajstić information content (AvgIpc) is 2.93. The number of ether oxygens (including phenoxy) is 1. The van der Waals surface area contributed by atoms with Crippen molar-refractivity contribution < 1.29 is 4.74 Å². The molecule has 1 nitrogen and oxygen atoms in total. The van der Waals surface area contributed by atoms with Gasteiger partial charge in [0.1, 0.15) is 5.75 Å². The number of hydrogen-bond donors (Lipinski definition) is 0. The molecule has 4 rings (SSSR count). The zero-order valence-corrected chi connectivity index (χ0v) is 14.3. The molecule has 3 aromatic carbocycles. The topological polar surface area (TPSA) is 9.23 Å². The Morgan fingerprint density at radius 1 is 0.783 bits per heavy atom. The first-order chi connectivity index (χ1) is 11.2. The van der Waals surface area contributed by atoms with Crippen molar-refractivity contribution in [1.82, 2.24) is 0 Å². The summed E-state index contributed by atoms with van der Waals surface area (Å²) in [7, 11) is 1.75. The van der Waals surface area contributed by atoms with Crippen molar-refractivity contribution >= 4 is 31.5 Å². The van der Waals surface area contributed by atoms with Crippen LogP contribution in [0.3, 0.4) is 0 Å². The molecular formula is C21H18OS. The maximum Gasteiger partial charge on any atom is 0.127 e. The van der Waals surface area contributed by atoms with E-state index >= 15 is 0 Å². The second kappa shape index (κ2) is 5.39. The summed E-state index contributed by atoms with van der Waals surface area (Å²) in [4.78, 5) is 0. The van der Waals surface area contributed by atoms with Gasteiger partial charge < -0.3 is 4.74 Å². The summed E-state index contributed by atoms with van der Waals surface area (Å²) in [5.41, 5.74) is 5.04. The first-order valence-electron chi connectivity index (χ1n) is 7.75. The zero-order valence-electron chi connectivity index (χ0n) is 13.5. The van der Waals surface area contributed by atoms with Crippen molar-refractivity contribution in [1.29, 1.82) is 0 Å². The first kappa shape index (κ1) is 14.3. The van der Waals surface area contributed by atoms with Gasteiger partial charge in [-0.25, -0.2) is 0 Å². The van der Waals surface area contributed by atoms with Crippen LogP contribution >= 0.6 is 11.3 Å². The maximum atomic E-state index is 5.73. The number of fused-ring (bicyclic) bond motifs is 3. The van der Waals surface area contributed by atoms with Crippen LogP contribution < -0.4 is 4.74 Å². The Balaban J connectivity index is 2.06. The van der Waals surface area contributed by atoms with Crippen LogP contribution in [0.1, 0.15) is 11.1 Å². The molecule has 0 fully saturated rings. The van der Waals surface area contributed by atoms with E-state index in [0.29, 0.717) is 0 Å². The van der Waals surface area contributed by atoms with Crippen molar-refractivity contribution in [3.05, 3.63) is 65.7 Å². The number of thiophene rings is 1. The quantitative estimate of drug-likeness (QED) is 0.418. The van der Waals surface area contributed by atoms with E-state index in [1.165, 1.54) is 42.4 Å². The lowest BCUT2D eigenvalue weighted by Gasteiger charge is -2.13. The van der Waals surface area contributed by atoms with Crippen molar-refractivity contribution in [3.63, 3.8) is 0 Å². The monoisotopic (exact) mass is 318 g/mol. The minimum atomic E-state index is 0.940. The lowest BCUT2D eigenvalue weighted by Crippen LogP contribution is -1.91. The highest BCUT2D eigenvalue weighted by atomic mass is 32.1. The van der Waals surface area contributed by atoms with Crippen LogP contribution in [0.4, 0.5) is 0 Å². The third-order valence-electron chi connectivity index (χ3n) is 4.59. The summed E-state index contributed by atoms with van der Waals surface area (Å²) in [6, 6.07) is 19.5. The zero-order chi connectivity index (χ0) is 16.0. The average molecular weight is 318 g/mol. The highest BCUT2D eigenvalue weighted by Gasteiger charge is 2.14. The molecular weight excluding hydrogens is 300 g/mol. The molecule has 114 valence electrons. The van der Waals surface area contributed by atoms with Gasteiger partial charge in [0.2, 0.25) is 0 Å². The summed E-state index contributed by atoms with van der Waals surface area (Å²) in [5, 5.41) is 2.58. The molecule has 0 atom stereocenters. The Labute approximate surface area is 140 Å². The van der Waals surface area contributed by atoms with E-state index in [9.17, 15) is 0 Å². The summed E-state index contributed by atoms with van der Waals surface area (Å²) in [5.74, 6) is 0.940. The largest absolute Gasteiger partial charge is 0.496 e. The van der Waals surface area contributed by atoms with Crippen molar-refractivity contribution in [2.45, 2.75) is 13.8 Å². The smallest absolute Gasteiger partial charge is 0.127 e. The van der Waals surface area contributed by atoms with Gasteiger partial charge in [-0.1, -0.05) is 36.4 Å². The van der Waals surface area contributed by atoms with E-state index in [4.69, 9.17) is 4.74 Å². The minimum absolute atomic E-state index is 0.940. The van der Waals surface area contributed by atoms with Gasteiger partial charge in [0.25, 0.3) is 0 Å². The number of methoxy groups -OCH3 is 1. The molecule has 1 heterocycles. The van der Waals surface area contributed by atoms with Crippen molar-refractivity contribution in [2.75, 3.05) is 7.11 Å². The van der Waals surface area contributed by atoms with E-state index in [1.807, 2.05) is 11.3 Å². The Morgan fingerprint density at radius 2 is 1.61 bits per heavy atom. The van der Waals surface area contributed by atoms with Crippen LogP contribution in [0.25, 0.3) is 31.3 Å². The molecule has 0 N–H and O–H groups in total. The van der Waals surface area contributed by atoms with Gasteiger partial charge in [0.05, 0.1) is 7.11 Å². The van der Waals surface area contributed by atoms with Crippen LogP contribution in [-0.2, 0) is 0 Å². The van der Waals surface area contributed by atoms with Crippen LogP contribution in [-0.4, -0.2) is 7.11 Å². The maximum absolute atomic E-state index is 5.73. The fourth-order valence-corrected chi connectivity index (χ4v) is 4.30. The molecule has 0 saturated heterocycles. The third kappa shape index (κ3) is 2.22. The lowest BCUT2D eigenvalue weighted by molar-refractivity contribution is 0.417. The Hall–Kier alpha value is -2.32. The molecule has 1 aromatic heterocycles. The van der Waals surface area contributed by atoms with Crippen LogP contribution in [0.5, 0.6) is 5.75 Å². The van der Waals surface area contributed by atoms with Gasteiger partial charge in [-0.2, -0.15) is 0 Å². The molecule has 0 amide bonds. The Bertz CT molecular complexity index is 1030. The minimum Gasteiger partial charge on any atom is -0.496 e. The Morgan fingerprint density at radius 3 is 2.43 bits per heavy atom. The Kier molecular flexibility index (Phi) is 3.35. The number of hydrogen-bond acceptors (Lipinski definition) is 2. The van der Waals surface area contributed by atoms with E-state index in [0.717, 1.165) is 5.75 Å². The van der Waals surface area contributed by atoms with E-state index in [1.54, 1.807) is 7.11 Å². The van der Waals surface area contributed by atoms with Gasteiger partial charge in [-0.05, 0) is 48.7 Å². The van der Waals surface area contributed by atoms with Gasteiger partial charge in [0.15, 0.2) is 0 Å². The fourth-order valence-electron chi connectivity index (χ4n) is 3.17. The number of rotatable bonds is 2. The van der Waals surface area contributed by atoms with Crippen molar-refractivity contribution in [2.24, 2.45) is 0 Å². The highest BCUT2D eigenvalue weighted by molar-refractivity contribution is 7.25. The summed E-state index contributed by atoms with van der Waals surface area (Å²) < 4.78 is 8.36. The fraction of sp³-hybridized carbons (Fsp3) is 0.143. The van der Waals surface area contributed by atoms with E-state index in [-0.39, 0.29) is 0 Å². The predicted octanol–water partition coefficient (Wildman–Crippen LogP) is 6.35. The van der Waals surface area contributed by atoms with Crippen LogP contribution in [0.2, 0.25) is 0 Å². The van der Waals surface area contributed by atoms with Crippen LogP contribution in [0, 0.1) is 13.8 Å². The molecule has 2 heteroatoms. The van der Waals surface area contributed by atoms with Gasteiger partial charge in [0, 0.05) is 25.7 Å². The SMILES string of the molecule is COc1cc2c(cc1-c1cccc(C)c1C)sc1ccccc12. The lowest BCUT2D eigenvalue weighted by atomic mass is 9.95. The van der Waals surface area contributed by atoms with Gasteiger partial charge >= 0.3 is 0 Å². The number of aryl methyl sites for hydroxylation is 1. The van der Waals surface area contributed by atoms with Crippen LogP contribution in [0.15, 0.2) is 54.6 Å². The van der Waals surface area contributed by atoms with E-state index < -0.39 is 0 Å². The summed E-state index contributed by atoms with van der Waals surface area (Å²) in [6.45, 7) is 4.34. The first-order valence-corrected chi connectivity index (χ1v) is 8.56. The predicted molar refractivity (Wildman–Crippen MR) is 101 cm³/mol. The third-order valence-corrected chi connectivity index (χ3v) is 5.73. The standard InChI is InChI=1S/C21H18OS/c1-13-7-6-9-15(14(13)2)17-12-21-18(11-19(17)22-3)16-8-4-5-10-20(16)23-21/h4-12H,1-3H3. The molecule has 0 radical (unpaired) electrons. The van der Waals surface area contributed by atoms with Gasteiger partial charge in [-0.15, -0.1) is 11.3 Å². The van der Waals surface area contributed by atoms with Crippen molar-refractivity contribution in [3.8, 4) is 16.9 Å². The number of benzene rings is 3. The second-order valence-corrected chi connectivity index (χ2v) is 6.98. The van der Waals surface area contributed by atoms with Gasteiger partial charge in [-0.3, -0.25) is 0 Å². The summed E-state index contributed by atoms with van der Waals surface area (Å²) in [6.07, 6.45) is 0. The second-order valence-electron chi connectivity index (χ2n) is 5.89. The molecule has 0 unspecified atom stereocenters. The molecule has 4 aromatic rings. The van der Waals surface area contributed by atoms with E-state index in [2.05, 4.69) is 68.4 Å². The molecule has 0 aliphatic rings. The molecule has 0 bridgehead atoms. The molecule has 0 saturated carbocycles. The molecule has 23 heavy (non-hydrogen) atoms. The molecule has 0 spiro atoms.